The standard InChI is InChI=1S/C18H20N2O5S/c1-12-3-5-13(6-4-12)16-19-15(18(22)25-16)17(26-11-14(21)23-2)20-7-9-24-10-8-20/h3-6H,7-11H2,1-2H3/b17-15+. The average Bonchev–Trinajstić information content (AvgIpc) is 3.04. The molecule has 0 amide bonds. The Kier molecular flexibility index (Phi) is 5.95. The lowest BCUT2D eigenvalue weighted by atomic mass is 10.1. The minimum atomic E-state index is -0.514. The molecule has 3 rings (SSSR count). The van der Waals surface area contributed by atoms with Crippen molar-refractivity contribution in [2.75, 3.05) is 39.2 Å². The molecule has 0 aliphatic carbocycles. The van der Waals surface area contributed by atoms with Crippen LogP contribution >= 0.6 is 11.8 Å². The van der Waals surface area contributed by atoms with E-state index < -0.39 is 5.97 Å². The van der Waals surface area contributed by atoms with E-state index in [-0.39, 0.29) is 23.3 Å². The van der Waals surface area contributed by atoms with Crippen LogP contribution in [0.1, 0.15) is 11.1 Å². The first-order chi connectivity index (χ1) is 12.6. The molecular formula is C18H20N2O5S. The third-order valence-electron chi connectivity index (χ3n) is 3.95. The van der Waals surface area contributed by atoms with Crippen LogP contribution in [0.3, 0.4) is 0 Å². The summed E-state index contributed by atoms with van der Waals surface area (Å²) in [6.45, 7) is 4.33. The first-order valence-electron chi connectivity index (χ1n) is 8.23. The second kappa shape index (κ2) is 8.37. The van der Waals surface area contributed by atoms with Crippen LogP contribution < -0.4 is 0 Å². The van der Waals surface area contributed by atoms with Crippen LogP contribution in [0.4, 0.5) is 0 Å². The Morgan fingerprint density at radius 3 is 2.62 bits per heavy atom. The van der Waals surface area contributed by atoms with Gasteiger partial charge >= 0.3 is 11.9 Å². The van der Waals surface area contributed by atoms with E-state index in [4.69, 9.17) is 14.2 Å². The molecule has 0 radical (unpaired) electrons. The predicted octanol–water partition coefficient (Wildman–Crippen LogP) is 1.71. The van der Waals surface area contributed by atoms with E-state index >= 15 is 0 Å². The number of morpholine rings is 1. The number of benzene rings is 1. The number of hydrogen-bond donors (Lipinski definition) is 0. The highest BCUT2D eigenvalue weighted by Gasteiger charge is 2.31. The molecule has 0 N–H and O–H groups in total. The third kappa shape index (κ3) is 4.25. The summed E-state index contributed by atoms with van der Waals surface area (Å²) >= 11 is 1.23. The zero-order valence-electron chi connectivity index (χ0n) is 14.7. The van der Waals surface area contributed by atoms with Crippen LogP contribution in [0.5, 0.6) is 0 Å². The van der Waals surface area contributed by atoms with Crippen molar-refractivity contribution < 1.29 is 23.8 Å². The number of hydrogen-bond acceptors (Lipinski definition) is 8. The molecule has 0 aromatic heterocycles. The van der Waals surface area contributed by atoms with E-state index in [1.807, 2.05) is 36.1 Å². The molecule has 1 fully saturated rings. The van der Waals surface area contributed by atoms with Gasteiger partial charge in [0.15, 0.2) is 5.70 Å². The van der Waals surface area contributed by atoms with E-state index in [1.54, 1.807) is 0 Å². The number of methoxy groups -OCH3 is 1. The predicted molar refractivity (Wildman–Crippen MR) is 97.7 cm³/mol. The van der Waals surface area contributed by atoms with E-state index in [1.165, 1.54) is 18.9 Å². The summed E-state index contributed by atoms with van der Waals surface area (Å²) in [7, 11) is 1.34. The SMILES string of the molecule is COC(=O)CS/C(=C1/N=C(c2ccc(C)cc2)OC1=O)N1CCOCC1. The van der Waals surface area contributed by atoms with Gasteiger partial charge in [0.05, 0.1) is 26.1 Å². The first-order valence-corrected chi connectivity index (χ1v) is 9.21. The molecule has 8 heteroatoms. The van der Waals surface area contributed by atoms with Gasteiger partial charge in [-0.3, -0.25) is 4.79 Å². The van der Waals surface area contributed by atoms with Crippen molar-refractivity contribution >= 4 is 29.6 Å². The third-order valence-corrected chi connectivity index (χ3v) is 5.05. The van der Waals surface area contributed by atoms with Crippen molar-refractivity contribution in [2.45, 2.75) is 6.92 Å². The van der Waals surface area contributed by atoms with E-state index in [2.05, 4.69) is 4.99 Å². The van der Waals surface area contributed by atoms with Crippen LogP contribution in [-0.4, -0.2) is 61.9 Å². The zero-order valence-corrected chi connectivity index (χ0v) is 15.5. The van der Waals surface area contributed by atoms with Gasteiger partial charge in [0.25, 0.3) is 0 Å². The Morgan fingerprint density at radius 1 is 1.27 bits per heavy atom. The molecule has 1 aromatic rings. The normalized spacial score (nSPS) is 19.1. The van der Waals surface area contributed by atoms with Crippen molar-refractivity contribution in [3.8, 4) is 0 Å². The van der Waals surface area contributed by atoms with E-state index in [0.29, 0.717) is 31.3 Å². The number of esters is 2. The largest absolute Gasteiger partial charge is 0.468 e. The minimum Gasteiger partial charge on any atom is -0.468 e. The van der Waals surface area contributed by atoms with Gasteiger partial charge in [-0.2, -0.15) is 0 Å². The number of cyclic esters (lactones) is 1. The lowest BCUT2D eigenvalue weighted by Crippen LogP contribution is -2.36. The fourth-order valence-corrected chi connectivity index (χ4v) is 3.53. The number of carbonyl (C=O) groups excluding carboxylic acids is 2. The summed E-state index contributed by atoms with van der Waals surface area (Å²) in [5.74, 6) is -0.514. The molecule has 1 saturated heterocycles. The molecule has 2 heterocycles. The van der Waals surface area contributed by atoms with Crippen molar-refractivity contribution in [2.24, 2.45) is 4.99 Å². The summed E-state index contributed by atoms with van der Waals surface area (Å²) in [4.78, 5) is 30.4. The van der Waals surface area contributed by atoms with Gasteiger partial charge < -0.3 is 19.1 Å². The zero-order chi connectivity index (χ0) is 18.5. The maximum atomic E-state index is 12.4. The summed E-state index contributed by atoms with van der Waals surface area (Å²) in [5, 5.41) is 0.616. The molecule has 2 aliphatic heterocycles. The molecule has 0 spiro atoms. The second-order valence-corrected chi connectivity index (χ2v) is 6.75. The molecule has 0 saturated carbocycles. The number of rotatable bonds is 5. The Labute approximate surface area is 156 Å². The molecule has 26 heavy (non-hydrogen) atoms. The van der Waals surface area contributed by atoms with Gasteiger partial charge in [-0.05, 0) is 19.1 Å². The maximum Gasteiger partial charge on any atom is 0.366 e. The van der Waals surface area contributed by atoms with Crippen LogP contribution in [0.25, 0.3) is 0 Å². The van der Waals surface area contributed by atoms with Crippen molar-refractivity contribution in [3.05, 3.63) is 46.1 Å². The summed E-state index contributed by atoms with van der Waals surface area (Å²) in [6, 6.07) is 7.59. The fourth-order valence-electron chi connectivity index (χ4n) is 2.52. The fraction of sp³-hybridized carbons (Fsp3) is 0.389. The van der Waals surface area contributed by atoms with Gasteiger partial charge in [0, 0.05) is 18.7 Å². The second-order valence-electron chi connectivity index (χ2n) is 5.79. The minimum absolute atomic E-state index is 0.0926. The van der Waals surface area contributed by atoms with Crippen LogP contribution in [-0.2, 0) is 23.8 Å². The molecule has 1 aromatic carbocycles. The highest BCUT2D eigenvalue weighted by Crippen LogP contribution is 2.30. The number of aliphatic imine (C=N–C) groups is 1. The summed E-state index contributed by atoms with van der Waals surface area (Å²) < 4.78 is 15.4. The van der Waals surface area contributed by atoms with Crippen molar-refractivity contribution in [1.29, 1.82) is 0 Å². The highest BCUT2D eigenvalue weighted by atomic mass is 32.2. The highest BCUT2D eigenvalue weighted by molar-refractivity contribution is 8.03. The average molecular weight is 376 g/mol. The van der Waals surface area contributed by atoms with Crippen molar-refractivity contribution in [3.63, 3.8) is 0 Å². The van der Waals surface area contributed by atoms with Crippen LogP contribution in [0, 0.1) is 6.92 Å². The number of aryl methyl sites for hydroxylation is 1. The van der Waals surface area contributed by atoms with Gasteiger partial charge in [-0.15, -0.1) is 0 Å². The number of nitrogens with zero attached hydrogens (tertiary/aromatic N) is 2. The summed E-state index contributed by atoms with van der Waals surface area (Å²) in [6.07, 6.45) is 0. The molecule has 138 valence electrons. The van der Waals surface area contributed by atoms with E-state index in [9.17, 15) is 9.59 Å². The summed E-state index contributed by atoms with van der Waals surface area (Å²) in [5.41, 5.74) is 2.06. The Bertz CT molecular complexity index is 751. The van der Waals surface area contributed by atoms with Gasteiger partial charge in [-0.1, -0.05) is 29.5 Å². The molecule has 2 aliphatic rings. The van der Waals surface area contributed by atoms with Crippen LogP contribution in [0.15, 0.2) is 40.0 Å². The monoisotopic (exact) mass is 376 g/mol. The smallest absolute Gasteiger partial charge is 0.366 e. The van der Waals surface area contributed by atoms with Gasteiger partial charge in [0.2, 0.25) is 5.90 Å². The molecule has 0 unspecified atom stereocenters. The molecular weight excluding hydrogens is 356 g/mol. The maximum absolute atomic E-state index is 12.4. The molecule has 0 atom stereocenters. The lowest BCUT2D eigenvalue weighted by molar-refractivity contribution is -0.137. The number of ether oxygens (including phenoxy) is 3. The van der Waals surface area contributed by atoms with E-state index in [0.717, 1.165) is 11.1 Å². The van der Waals surface area contributed by atoms with Gasteiger partial charge in [0.1, 0.15) is 5.03 Å². The molecule has 0 bridgehead atoms. The Balaban J connectivity index is 1.92. The van der Waals surface area contributed by atoms with Crippen molar-refractivity contribution in [1.82, 2.24) is 4.90 Å². The molecule has 7 nitrogen and oxygen atoms in total. The number of thioether (sulfide) groups is 1. The number of carbonyl (C=O) groups is 2. The lowest BCUT2D eigenvalue weighted by Gasteiger charge is -2.30. The Hall–Kier alpha value is -2.32. The first kappa shape index (κ1) is 18.5. The Morgan fingerprint density at radius 2 is 1.96 bits per heavy atom. The quantitative estimate of drug-likeness (QED) is 0.572. The topological polar surface area (TPSA) is 77.4 Å². The van der Waals surface area contributed by atoms with Crippen LogP contribution in [0.2, 0.25) is 0 Å². The van der Waals surface area contributed by atoms with Gasteiger partial charge in [-0.25, -0.2) is 9.79 Å².